The van der Waals surface area contributed by atoms with Crippen LogP contribution in [-0.4, -0.2) is 53.4 Å². The third kappa shape index (κ3) is 10.7. The lowest BCUT2D eigenvalue weighted by Gasteiger charge is -2.34. The molecular weight excluding hydrogens is 472 g/mol. The molecule has 4 N–H and O–H groups in total. The molecule has 0 saturated carbocycles. The normalized spacial score (nSPS) is 12.7. The first-order valence-electron chi connectivity index (χ1n) is 12.8. The molecule has 37 heavy (non-hydrogen) atoms. The number of hydrogen-bond acceptors (Lipinski definition) is 5. The van der Waals surface area contributed by atoms with E-state index in [1.54, 1.807) is 20.8 Å². The first-order valence-corrected chi connectivity index (χ1v) is 12.8. The Hall–Kier alpha value is -3.36. The summed E-state index contributed by atoms with van der Waals surface area (Å²) < 4.78 is 5.33. The molecule has 0 aliphatic carbocycles. The number of carbonyl (C=O) groups excluding carboxylic acids is 4. The van der Waals surface area contributed by atoms with Gasteiger partial charge in [-0.15, -0.1) is 6.58 Å². The van der Waals surface area contributed by atoms with Crippen molar-refractivity contribution < 1.29 is 23.9 Å². The lowest BCUT2D eigenvalue weighted by atomic mass is 9.94. The average molecular weight is 517 g/mol. The van der Waals surface area contributed by atoms with Crippen LogP contribution >= 0.6 is 0 Å². The molecule has 2 atom stereocenters. The summed E-state index contributed by atoms with van der Waals surface area (Å²) in [5.74, 6) is -1.48. The lowest BCUT2D eigenvalue weighted by molar-refractivity contribution is -0.142. The zero-order valence-corrected chi connectivity index (χ0v) is 23.2. The molecule has 1 aromatic carbocycles. The van der Waals surface area contributed by atoms with Crippen molar-refractivity contribution in [2.45, 2.75) is 91.3 Å². The number of nitrogens with two attached hydrogens (primary N) is 1. The molecule has 1 aromatic rings. The first kappa shape index (κ1) is 31.7. The Morgan fingerprint density at radius 1 is 1.16 bits per heavy atom. The van der Waals surface area contributed by atoms with E-state index in [0.717, 1.165) is 30.4 Å². The van der Waals surface area contributed by atoms with E-state index in [4.69, 9.17) is 10.5 Å². The van der Waals surface area contributed by atoms with Gasteiger partial charge in [0, 0.05) is 19.5 Å². The number of ether oxygens (including phenoxy) is 1. The van der Waals surface area contributed by atoms with Gasteiger partial charge in [-0.05, 0) is 64.2 Å². The van der Waals surface area contributed by atoms with Gasteiger partial charge in [0.25, 0.3) is 0 Å². The molecule has 2 unspecified atom stereocenters. The van der Waals surface area contributed by atoms with Gasteiger partial charge in [-0.3, -0.25) is 14.4 Å². The van der Waals surface area contributed by atoms with Crippen LogP contribution in [0.25, 0.3) is 0 Å². The highest BCUT2D eigenvalue weighted by Gasteiger charge is 2.36. The standard InChI is InChI=1S/C28H44N4O5/c1-8-10-11-17-30-25(34)24(21-14-12-13-19(3)20(21)4)32(18-9-2)26(35)22(15-16-23(29)33)31-27(36)37-28(5,6)7/h9,12-14,22,24H,2,8,10-11,15-18H2,1,3-7H3,(H2,29,33)(H,30,34)(H,31,36). The molecule has 0 aromatic heterocycles. The molecule has 9 nitrogen and oxygen atoms in total. The topological polar surface area (TPSA) is 131 Å². The average Bonchev–Trinajstić information content (AvgIpc) is 2.80. The Bertz CT molecular complexity index is 954. The van der Waals surface area contributed by atoms with Crippen molar-refractivity contribution in [1.82, 2.24) is 15.5 Å². The van der Waals surface area contributed by atoms with E-state index in [1.807, 2.05) is 32.0 Å². The van der Waals surface area contributed by atoms with Crippen LogP contribution in [0.2, 0.25) is 0 Å². The van der Waals surface area contributed by atoms with E-state index >= 15 is 0 Å². The Kier molecular flexibility index (Phi) is 12.9. The molecule has 0 aliphatic heterocycles. The number of aryl methyl sites for hydroxylation is 1. The van der Waals surface area contributed by atoms with Crippen LogP contribution in [0.5, 0.6) is 0 Å². The Morgan fingerprint density at radius 2 is 1.84 bits per heavy atom. The second kappa shape index (κ2) is 15.0. The number of unbranched alkanes of at least 4 members (excludes halogenated alkanes) is 2. The molecule has 0 bridgehead atoms. The molecule has 0 spiro atoms. The summed E-state index contributed by atoms with van der Waals surface area (Å²) in [6, 6.07) is 3.50. The maximum absolute atomic E-state index is 13.9. The van der Waals surface area contributed by atoms with Crippen molar-refractivity contribution in [2.75, 3.05) is 13.1 Å². The zero-order valence-electron chi connectivity index (χ0n) is 23.2. The summed E-state index contributed by atoms with van der Waals surface area (Å²) in [6.07, 6.45) is 3.34. The minimum atomic E-state index is -1.14. The Balaban J connectivity index is 3.46. The van der Waals surface area contributed by atoms with Crippen LogP contribution in [-0.2, 0) is 19.1 Å². The minimum absolute atomic E-state index is 0.0430. The maximum Gasteiger partial charge on any atom is 0.408 e. The van der Waals surface area contributed by atoms with Crippen LogP contribution in [0.15, 0.2) is 30.9 Å². The third-order valence-corrected chi connectivity index (χ3v) is 5.86. The molecule has 206 valence electrons. The number of benzene rings is 1. The third-order valence-electron chi connectivity index (χ3n) is 5.86. The molecule has 0 aliphatic rings. The number of primary amides is 1. The molecule has 0 fully saturated rings. The van der Waals surface area contributed by atoms with Gasteiger partial charge in [0.05, 0.1) is 0 Å². The summed E-state index contributed by atoms with van der Waals surface area (Å²) in [4.78, 5) is 52.9. The molecule has 1 rings (SSSR count). The Morgan fingerprint density at radius 3 is 2.41 bits per heavy atom. The minimum Gasteiger partial charge on any atom is -0.444 e. The van der Waals surface area contributed by atoms with Gasteiger partial charge in [-0.1, -0.05) is 44.0 Å². The molecular formula is C28H44N4O5. The van der Waals surface area contributed by atoms with Gasteiger partial charge in [0.15, 0.2) is 0 Å². The summed E-state index contributed by atoms with van der Waals surface area (Å²) in [7, 11) is 0. The van der Waals surface area contributed by atoms with Crippen molar-refractivity contribution in [1.29, 1.82) is 0 Å². The van der Waals surface area contributed by atoms with Crippen LogP contribution < -0.4 is 16.4 Å². The zero-order chi connectivity index (χ0) is 28.2. The highest BCUT2D eigenvalue weighted by Crippen LogP contribution is 2.28. The van der Waals surface area contributed by atoms with E-state index in [9.17, 15) is 19.2 Å². The van der Waals surface area contributed by atoms with E-state index in [2.05, 4.69) is 24.1 Å². The van der Waals surface area contributed by atoms with Gasteiger partial charge in [0.1, 0.15) is 17.7 Å². The SMILES string of the molecule is C=CCN(C(=O)C(CCC(N)=O)NC(=O)OC(C)(C)C)C(C(=O)NCCCCC)c1cccc(C)c1C. The maximum atomic E-state index is 13.9. The lowest BCUT2D eigenvalue weighted by Crippen LogP contribution is -2.53. The number of amides is 4. The van der Waals surface area contributed by atoms with Crippen molar-refractivity contribution in [3.63, 3.8) is 0 Å². The largest absolute Gasteiger partial charge is 0.444 e. The highest BCUT2D eigenvalue weighted by atomic mass is 16.6. The van der Waals surface area contributed by atoms with Gasteiger partial charge in [-0.2, -0.15) is 0 Å². The number of hydrogen-bond donors (Lipinski definition) is 3. The number of rotatable bonds is 14. The van der Waals surface area contributed by atoms with Crippen LogP contribution in [0.1, 0.15) is 82.5 Å². The van der Waals surface area contributed by atoms with Gasteiger partial charge < -0.3 is 26.0 Å². The molecule has 0 saturated heterocycles. The fourth-order valence-corrected chi connectivity index (χ4v) is 3.86. The summed E-state index contributed by atoms with van der Waals surface area (Å²) in [5, 5.41) is 5.54. The first-order chi connectivity index (χ1) is 17.3. The number of alkyl carbamates (subject to hydrolysis) is 1. The van der Waals surface area contributed by atoms with E-state index in [-0.39, 0.29) is 25.3 Å². The van der Waals surface area contributed by atoms with Crippen LogP contribution in [0.4, 0.5) is 4.79 Å². The van der Waals surface area contributed by atoms with Crippen LogP contribution in [0, 0.1) is 13.8 Å². The quantitative estimate of drug-likeness (QED) is 0.256. The van der Waals surface area contributed by atoms with Gasteiger partial charge in [0.2, 0.25) is 17.7 Å². The van der Waals surface area contributed by atoms with E-state index in [0.29, 0.717) is 12.1 Å². The fraction of sp³-hybridized carbons (Fsp3) is 0.571. The second-order valence-electron chi connectivity index (χ2n) is 10.2. The molecule has 0 heterocycles. The van der Waals surface area contributed by atoms with Crippen molar-refractivity contribution in [2.24, 2.45) is 5.73 Å². The number of nitrogens with zero attached hydrogens (tertiary/aromatic N) is 1. The summed E-state index contributed by atoms with van der Waals surface area (Å²) in [6.45, 7) is 15.3. The fourth-order valence-electron chi connectivity index (χ4n) is 3.86. The highest BCUT2D eigenvalue weighted by molar-refractivity contribution is 5.92. The number of nitrogens with one attached hydrogen (secondary N) is 2. The van der Waals surface area contributed by atoms with Crippen molar-refractivity contribution >= 4 is 23.8 Å². The second-order valence-corrected chi connectivity index (χ2v) is 10.2. The molecule has 0 radical (unpaired) electrons. The number of carbonyl (C=O) groups is 4. The molecule has 9 heteroatoms. The smallest absolute Gasteiger partial charge is 0.408 e. The van der Waals surface area contributed by atoms with Crippen molar-refractivity contribution in [3.05, 3.63) is 47.5 Å². The monoisotopic (exact) mass is 516 g/mol. The van der Waals surface area contributed by atoms with Gasteiger partial charge >= 0.3 is 6.09 Å². The van der Waals surface area contributed by atoms with Crippen molar-refractivity contribution in [3.8, 4) is 0 Å². The van der Waals surface area contributed by atoms with Gasteiger partial charge in [-0.25, -0.2) is 4.79 Å². The van der Waals surface area contributed by atoms with E-state index < -0.39 is 35.6 Å². The van der Waals surface area contributed by atoms with Crippen LogP contribution in [0.3, 0.4) is 0 Å². The Labute approximate surface area is 221 Å². The molecule has 4 amide bonds. The van der Waals surface area contributed by atoms with E-state index in [1.165, 1.54) is 11.0 Å². The predicted molar refractivity (Wildman–Crippen MR) is 145 cm³/mol. The predicted octanol–water partition coefficient (Wildman–Crippen LogP) is 3.82. The summed E-state index contributed by atoms with van der Waals surface area (Å²) in [5.41, 5.74) is 7.08. The summed E-state index contributed by atoms with van der Waals surface area (Å²) >= 11 is 0.